The van der Waals surface area contributed by atoms with Gasteiger partial charge in [-0.05, 0) is 18.6 Å². The monoisotopic (exact) mass is 323 g/mol. The van der Waals surface area contributed by atoms with E-state index in [1.54, 1.807) is 6.07 Å². The number of esters is 2. The fourth-order valence-electron chi connectivity index (χ4n) is 2.08. The van der Waals surface area contributed by atoms with Crippen LogP contribution in [0.15, 0.2) is 33.9 Å². The van der Waals surface area contributed by atoms with Gasteiger partial charge in [-0.2, -0.15) is 0 Å². The van der Waals surface area contributed by atoms with Crippen LogP contribution in [0.4, 0.5) is 0 Å². The van der Waals surface area contributed by atoms with E-state index in [0.717, 1.165) is 11.8 Å². The summed E-state index contributed by atoms with van der Waals surface area (Å²) in [6.07, 6.45) is 0.444. The largest absolute Gasteiger partial charge is 0.469 e. The molecule has 7 heteroatoms. The number of benzene rings is 1. The van der Waals surface area contributed by atoms with Crippen molar-refractivity contribution in [2.75, 3.05) is 14.2 Å². The lowest BCUT2D eigenvalue weighted by Gasteiger charge is -2.20. The number of nitrogens with zero attached hydrogens (tertiary/aromatic N) is 1. The van der Waals surface area contributed by atoms with E-state index in [1.807, 2.05) is 25.1 Å². The van der Waals surface area contributed by atoms with Crippen molar-refractivity contribution < 1.29 is 23.5 Å². The average Bonchev–Trinajstić information content (AvgIpc) is 2.95. The molecule has 118 valence electrons. The molecule has 0 aliphatic heterocycles. The molecule has 2 aromatic rings. The summed E-state index contributed by atoms with van der Waals surface area (Å²) in [6, 6.07) is 7.29. The zero-order chi connectivity index (χ0) is 16.1. The molecule has 0 N–H and O–H groups in total. The van der Waals surface area contributed by atoms with Gasteiger partial charge in [-0.25, -0.2) is 4.98 Å². The Bertz CT molecular complexity index is 636. The van der Waals surface area contributed by atoms with Gasteiger partial charge in [0.15, 0.2) is 5.58 Å². The fraction of sp³-hybridized carbons (Fsp3) is 0.400. The molecule has 22 heavy (non-hydrogen) atoms. The third kappa shape index (κ3) is 3.41. The lowest BCUT2D eigenvalue weighted by molar-refractivity contribution is -0.151. The maximum Gasteiger partial charge on any atom is 0.320 e. The first kappa shape index (κ1) is 16.4. The van der Waals surface area contributed by atoms with Gasteiger partial charge < -0.3 is 13.9 Å². The Labute approximate surface area is 132 Å². The number of thioether (sulfide) groups is 1. The first-order chi connectivity index (χ1) is 10.6. The zero-order valence-electron chi connectivity index (χ0n) is 12.6. The maximum absolute atomic E-state index is 12.0. The minimum absolute atomic E-state index is 0.318. The molecular weight excluding hydrogens is 306 g/mol. The second-order valence-electron chi connectivity index (χ2n) is 4.55. The smallest absolute Gasteiger partial charge is 0.320 e. The Balaban J connectivity index is 2.29. The van der Waals surface area contributed by atoms with Crippen LogP contribution in [0.3, 0.4) is 0 Å². The van der Waals surface area contributed by atoms with E-state index in [9.17, 15) is 9.59 Å². The predicted molar refractivity (Wildman–Crippen MR) is 81.5 cm³/mol. The number of carbonyl (C=O) groups is 2. The lowest BCUT2D eigenvalue weighted by Crippen LogP contribution is -2.33. The molecule has 0 saturated heterocycles. The van der Waals surface area contributed by atoms with Crippen molar-refractivity contribution in [1.82, 2.24) is 4.98 Å². The molecule has 0 radical (unpaired) electrons. The number of rotatable bonds is 6. The second-order valence-corrected chi connectivity index (χ2v) is 5.64. The summed E-state index contributed by atoms with van der Waals surface area (Å²) in [6.45, 7) is 1.81. The topological polar surface area (TPSA) is 78.6 Å². The van der Waals surface area contributed by atoms with Crippen molar-refractivity contribution in [1.29, 1.82) is 0 Å². The predicted octanol–water partition coefficient (Wildman–Crippen LogP) is 2.66. The van der Waals surface area contributed by atoms with Gasteiger partial charge in [-0.1, -0.05) is 30.8 Å². The molecule has 0 aliphatic carbocycles. The molecule has 0 aliphatic rings. The van der Waals surface area contributed by atoms with Crippen molar-refractivity contribution in [3.8, 4) is 0 Å². The number of methoxy groups -OCH3 is 2. The Kier molecular flexibility index (Phi) is 5.43. The minimum atomic E-state index is -0.768. The number of aromatic nitrogens is 1. The Hall–Kier alpha value is -2.02. The van der Waals surface area contributed by atoms with Crippen LogP contribution < -0.4 is 0 Å². The Morgan fingerprint density at radius 3 is 2.50 bits per heavy atom. The Morgan fingerprint density at radius 2 is 1.91 bits per heavy atom. The number of hydrogen-bond donors (Lipinski definition) is 0. The third-order valence-corrected chi connectivity index (χ3v) is 4.40. The van der Waals surface area contributed by atoms with E-state index in [4.69, 9.17) is 13.9 Å². The quantitative estimate of drug-likeness (QED) is 0.597. The van der Waals surface area contributed by atoms with E-state index in [-0.39, 0.29) is 0 Å². The molecule has 1 heterocycles. The summed E-state index contributed by atoms with van der Waals surface area (Å²) >= 11 is 1.07. The number of fused-ring (bicyclic) bond motifs is 1. The van der Waals surface area contributed by atoms with Crippen LogP contribution in [-0.2, 0) is 19.1 Å². The first-order valence-electron chi connectivity index (χ1n) is 6.78. The molecule has 0 bridgehead atoms. The molecule has 0 amide bonds. The second kappa shape index (κ2) is 7.31. The van der Waals surface area contributed by atoms with Gasteiger partial charge in [0.25, 0.3) is 5.22 Å². The number of carbonyl (C=O) groups excluding carboxylic acids is 2. The van der Waals surface area contributed by atoms with Crippen molar-refractivity contribution >= 4 is 34.8 Å². The summed E-state index contributed by atoms with van der Waals surface area (Å²) in [5.41, 5.74) is 1.32. The summed E-state index contributed by atoms with van der Waals surface area (Å²) in [5.74, 6) is -1.59. The number of oxazole rings is 1. The molecular formula is C15H17NO5S. The highest BCUT2D eigenvalue weighted by atomic mass is 32.2. The molecule has 0 saturated carbocycles. The van der Waals surface area contributed by atoms with Gasteiger partial charge in [0.1, 0.15) is 10.8 Å². The summed E-state index contributed by atoms with van der Waals surface area (Å²) < 4.78 is 15.2. The minimum Gasteiger partial charge on any atom is -0.469 e. The SMILES string of the molecule is CCC(C(=O)OC)C(Sc1nc2ccccc2o1)C(=O)OC. The Morgan fingerprint density at radius 1 is 1.23 bits per heavy atom. The molecule has 0 fully saturated rings. The van der Waals surface area contributed by atoms with E-state index < -0.39 is 23.1 Å². The van der Waals surface area contributed by atoms with Gasteiger partial charge in [-0.15, -0.1) is 0 Å². The fourth-order valence-corrected chi connectivity index (χ4v) is 3.24. The lowest BCUT2D eigenvalue weighted by atomic mass is 10.0. The third-order valence-electron chi connectivity index (χ3n) is 3.24. The average molecular weight is 323 g/mol. The standard InChI is InChI=1S/C15H17NO5S/c1-4-9(13(17)19-2)12(14(18)20-3)22-15-16-10-7-5-6-8-11(10)21-15/h5-9,12H,4H2,1-3H3. The number of para-hydroxylation sites is 2. The number of hydrogen-bond acceptors (Lipinski definition) is 7. The van der Waals surface area contributed by atoms with Gasteiger partial charge in [-0.3, -0.25) is 9.59 Å². The molecule has 2 rings (SSSR count). The van der Waals surface area contributed by atoms with Crippen LogP contribution in [0, 0.1) is 5.92 Å². The van der Waals surface area contributed by atoms with Gasteiger partial charge in [0.2, 0.25) is 0 Å². The van der Waals surface area contributed by atoms with Crippen LogP contribution >= 0.6 is 11.8 Å². The van der Waals surface area contributed by atoms with E-state index in [0.29, 0.717) is 22.7 Å². The van der Waals surface area contributed by atoms with Crippen LogP contribution in [0.5, 0.6) is 0 Å². The van der Waals surface area contributed by atoms with Crippen LogP contribution in [-0.4, -0.2) is 36.4 Å². The highest BCUT2D eigenvalue weighted by Crippen LogP contribution is 2.32. The summed E-state index contributed by atoms with van der Waals surface area (Å²) in [4.78, 5) is 28.2. The van der Waals surface area contributed by atoms with E-state index in [1.165, 1.54) is 14.2 Å². The van der Waals surface area contributed by atoms with E-state index in [2.05, 4.69) is 4.98 Å². The molecule has 6 nitrogen and oxygen atoms in total. The molecule has 2 unspecified atom stereocenters. The van der Waals surface area contributed by atoms with Crippen molar-refractivity contribution in [3.63, 3.8) is 0 Å². The highest BCUT2D eigenvalue weighted by Gasteiger charge is 2.36. The highest BCUT2D eigenvalue weighted by molar-refractivity contribution is 8.00. The molecule has 1 aromatic carbocycles. The summed E-state index contributed by atoms with van der Waals surface area (Å²) in [5, 5.41) is -0.450. The van der Waals surface area contributed by atoms with Crippen LogP contribution in [0.2, 0.25) is 0 Å². The zero-order valence-corrected chi connectivity index (χ0v) is 13.4. The molecule has 2 atom stereocenters. The van der Waals surface area contributed by atoms with Crippen LogP contribution in [0.25, 0.3) is 11.1 Å². The van der Waals surface area contributed by atoms with Gasteiger partial charge in [0.05, 0.1) is 20.1 Å². The maximum atomic E-state index is 12.0. The van der Waals surface area contributed by atoms with Crippen molar-refractivity contribution in [2.24, 2.45) is 5.92 Å². The van der Waals surface area contributed by atoms with Gasteiger partial charge in [0, 0.05) is 0 Å². The van der Waals surface area contributed by atoms with Crippen molar-refractivity contribution in [3.05, 3.63) is 24.3 Å². The van der Waals surface area contributed by atoms with E-state index >= 15 is 0 Å². The van der Waals surface area contributed by atoms with Gasteiger partial charge >= 0.3 is 11.9 Å². The van der Waals surface area contributed by atoms with Crippen molar-refractivity contribution in [2.45, 2.75) is 23.8 Å². The van der Waals surface area contributed by atoms with Crippen LogP contribution in [0.1, 0.15) is 13.3 Å². The number of ether oxygens (including phenoxy) is 2. The first-order valence-corrected chi connectivity index (χ1v) is 7.66. The molecule has 1 aromatic heterocycles. The summed E-state index contributed by atoms with van der Waals surface area (Å²) in [7, 11) is 2.58. The normalized spacial score (nSPS) is 13.6. The molecule has 0 spiro atoms.